The van der Waals surface area contributed by atoms with Gasteiger partial charge in [-0.2, -0.15) is 0 Å². The highest BCUT2D eigenvalue weighted by Crippen LogP contribution is 2.42. The van der Waals surface area contributed by atoms with Crippen molar-refractivity contribution >= 4 is 21.7 Å². The van der Waals surface area contributed by atoms with E-state index in [-0.39, 0.29) is 17.2 Å². The smallest absolute Gasteiger partial charge is 0.267 e. The number of hydrogen-bond donors (Lipinski definition) is 2. The molecule has 0 atom stereocenters. The van der Waals surface area contributed by atoms with Gasteiger partial charge in [-0.1, -0.05) is 0 Å². The molecular formula is C12H15N3O4S. The lowest BCUT2D eigenvalue weighted by Crippen LogP contribution is -2.36. The molecule has 1 heterocycles. The van der Waals surface area contributed by atoms with Crippen LogP contribution in [0.1, 0.15) is 45.2 Å². The highest BCUT2D eigenvalue weighted by atomic mass is 32.2. The molecule has 2 amide bonds. The van der Waals surface area contributed by atoms with Crippen molar-refractivity contribution in [3.63, 3.8) is 0 Å². The average molecular weight is 297 g/mol. The molecule has 1 saturated carbocycles. The van der Waals surface area contributed by atoms with Gasteiger partial charge in [-0.15, -0.1) is 0 Å². The summed E-state index contributed by atoms with van der Waals surface area (Å²) in [7, 11) is -3.13. The molecule has 0 radical (unpaired) electrons. The van der Waals surface area contributed by atoms with Crippen molar-refractivity contribution in [2.75, 3.05) is 6.26 Å². The second-order valence-electron chi connectivity index (χ2n) is 4.97. The summed E-state index contributed by atoms with van der Waals surface area (Å²) < 4.78 is 22.9. The fraction of sp³-hybridized carbons (Fsp3) is 0.417. The summed E-state index contributed by atoms with van der Waals surface area (Å²) in [5, 5.41) is -0.464. The Kier molecular flexibility index (Phi) is 3.51. The third-order valence-corrected chi connectivity index (χ3v) is 5.19. The van der Waals surface area contributed by atoms with Crippen molar-refractivity contribution < 1.29 is 18.0 Å². The molecule has 1 aliphatic rings. The molecule has 0 aromatic carbocycles. The SMILES string of the molecule is CS(=O)(=O)C1CC(c2c(C(N)=O)ccnc2C(N)=O)C1. The first-order chi connectivity index (χ1) is 9.21. The highest BCUT2D eigenvalue weighted by molar-refractivity contribution is 7.91. The fourth-order valence-corrected chi connectivity index (χ4v) is 3.61. The zero-order valence-electron chi connectivity index (χ0n) is 10.9. The van der Waals surface area contributed by atoms with Crippen molar-refractivity contribution in [1.29, 1.82) is 0 Å². The van der Waals surface area contributed by atoms with Crippen molar-refractivity contribution in [3.05, 3.63) is 29.1 Å². The van der Waals surface area contributed by atoms with E-state index in [1.807, 2.05) is 0 Å². The Morgan fingerprint density at radius 1 is 1.25 bits per heavy atom. The number of aromatic nitrogens is 1. The summed E-state index contributed by atoms with van der Waals surface area (Å²) in [4.78, 5) is 26.7. The molecule has 1 aliphatic carbocycles. The molecule has 0 spiro atoms. The number of rotatable bonds is 4. The van der Waals surface area contributed by atoms with Gasteiger partial charge in [0.1, 0.15) is 15.5 Å². The summed E-state index contributed by atoms with van der Waals surface area (Å²) in [6.45, 7) is 0. The first kappa shape index (κ1) is 14.4. The Balaban J connectivity index is 2.41. The van der Waals surface area contributed by atoms with E-state index in [0.29, 0.717) is 18.4 Å². The molecule has 1 aromatic rings. The van der Waals surface area contributed by atoms with E-state index in [9.17, 15) is 18.0 Å². The average Bonchev–Trinajstić information content (AvgIpc) is 2.24. The Bertz CT molecular complexity index is 646. The molecule has 8 heteroatoms. The number of amides is 2. The molecule has 0 unspecified atom stereocenters. The molecule has 108 valence electrons. The highest BCUT2D eigenvalue weighted by Gasteiger charge is 2.40. The number of pyridine rings is 1. The maximum atomic E-state index is 11.4. The van der Waals surface area contributed by atoms with Crippen LogP contribution in [-0.2, 0) is 9.84 Å². The van der Waals surface area contributed by atoms with Gasteiger partial charge in [-0.25, -0.2) is 8.42 Å². The molecule has 1 aromatic heterocycles. The van der Waals surface area contributed by atoms with Crippen LogP contribution in [0.2, 0.25) is 0 Å². The molecule has 2 rings (SSSR count). The summed E-state index contributed by atoms with van der Waals surface area (Å²) in [6, 6.07) is 1.41. The third kappa shape index (κ3) is 2.51. The first-order valence-corrected chi connectivity index (χ1v) is 7.94. The summed E-state index contributed by atoms with van der Waals surface area (Å²) in [6.07, 6.45) is 3.13. The molecule has 20 heavy (non-hydrogen) atoms. The monoisotopic (exact) mass is 297 g/mol. The van der Waals surface area contributed by atoms with Gasteiger partial charge in [-0.3, -0.25) is 14.6 Å². The largest absolute Gasteiger partial charge is 0.366 e. The number of carbonyl (C=O) groups is 2. The number of hydrogen-bond acceptors (Lipinski definition) is 5. The predicted octanol–water partition coefficient (Wildman–Crippen LogP) is -0.430. The lowest BCUT2D eigenvalue weighted by atomic mass is 9.76. The van der Waals surface area contributed by atoms with Crippen LogP contribution in [0.25, 0.3) is 0 Å². The summed E-state index contributed by atoms with van der Waals surface area (Å²) >= 11 is 0. The number of carbonyl (C=O) groups excluding carboxylic acids is 2. The van der Waals surface area contributed by atoms with Gasteiger partial charge in [0.15, 0.2) is 0 Å². The molecular weight excluding hydrogens is 282 g/mol. The van der Waals surface area contributed by atoms with Crippen LogP contribution in [0.3, 0.4) is 0 Å². The Hall–Kier alpha value is -1.96. The van der Waals surface area contributed by atoms with Crippen molar-refractivity contribution in [2.45, 2.75) is 24.0 Å². The number of nitrogens with zero attached hydrogens (tertiary/aromatic N) is 1. The lowest BCUT2D eigenvalue weighted by molar-refractivity contribution is 0.0993. The summed E-state index contributed by atoms with van der Waals surface area (Å²) in [5.41, 5.74) is 11.1. The van der Waals surface area contributed by atoms with Crippen LogP contribution < -0.4 is 11.5 Å². The maximum Gasteiger partial charge on any atom is 0.267 e. The topological polar surface area (TPSA) is 133 Å². The fourth-order valence-electron chi connectivity index (χ4n) is 2.45. The maximum absolute atomic E-state index is 11.4. The van der Waals surface area contributed by atoms with Gasteiger partial charge < -0.3 is 11.5 Å². The van der Waals surface area contributed by atoms with Crippen LogP contribution in [0.15, 0.2) is 12.3 Å². The normalized spacial score (nSPS) is 22.1. The van der Waals surface area contributed by atoms with E-state index < -0.39 is 26.9 Å². The van der Waals surface area contributed by atoms with Crippen molar-refractivity contribution in [2.24, 2.45) is 11.5 Å². The molecule has 7 nitrogen and oxygen atoms in total. The Morgan fingerprint density at radius 2 is 1.85 bits per heavy atom. The first-order valence-electron chi connectivity index (χ1n) is 5.99. The standard InChI is InChI=1S/C12H15N3O4S/c1-20(18,19)7-4-6(5-7)9-8(11(13)16)2-3-15-10(9)12(14)17/h2-3,6-7H,4-5H2,1H3,(H2,13,16)(H2,14,17). The van der Waals surface area contributed by atoms with Gasteiger partial charge >= 0.3 is 0 Å². The zero-order valence-corrected chi connectivity index (χ0v) is 11.7. The van der Waals surface area contributed by atoms with E-state index in [1.165, 1.54) is 18.5 Å². The zero-order chi connectivity index (χ0) is 15.1. The molecule has 4 N–H and O–H groups in total. The van der Waals surface area contributed by atoms with Gasteiger partial charge in [0, 0.05) is 18.0 Å². The van der Waals surface area contributed by atoms with E-state index >= 15 is 0 Å². The van der Waals surface area contributed by atoms with Gasteiger partial charge in [0.25, 0.3) is 5.91 Å². The van der Waals surface area contributed by atoms with Crippen LogP contribution in [0.4, 0.5) is 0 Å². The van der Waals surface area contributed by atoms with Gasteiger partial charge in [-0.05, 0) is 30.4 Å². The molecule has 0 bridgehead atoms. The van der Waals surface area contributed by atoms with E-state index in [0.717, 1.165) is 0 Å². The van der Waals surface area contributed by atoms with E-state index in [4.69, 9.17) is 11.5 Å². The quantitative estimate of drug-likeness (QED) is 0.777. The number of sulfone groups is 1. The molecule has 0 saturated heterocycles. The van der Waals surface area contributed by atoms with Gasteiger partial charge in [0.2, 0.25) is 5.91 Å². The minimum absolute atomic E-state index is 0.0155. The minimum atomic E-state index is -3.13. The number of primary amides is 2. The van der Waals surface area contributed by atoms with E-state index in [2.05, 4.69) is 4.98 Å². The van der Waals surface area contributed by atoms with Crippen molar-refractivity contribution in [1.82, 2.24) is 4.98 Å². The Labute approximate surface area is 116 Å². The predicted molar refractivity (Wildman–Crippen MR) is 71.9 cm³/mol. The van der Waals surface area contributed by atoms with Crippen LogP contribution in [0.5, 0.6) is 0 Å². The van der Waals surface area contributed by atoms with Crippen LogP contribution in [-0.4, -0.2) is 36.7 Å². The van der Waals surface area contributed by atoms with Gasteiger partial charge in [0.05, 0.1) is 5.25 Å². The van der Waals surface area contributed by atoms with E-state index in [1.54, 1.807) is 0 Å². The Morgan fingerprint density at radius 3 is 2.30 bits per heavy atom. The minimum Gasteiger partial charge on any atom is -0.366 e. The molecule has 0 aliphatic heterocycles. The second-order valence-corrected chi connectivity index (χ2v) is 7.29. The van der Waals surface area contributed by atoms with Crippen LogP contribution in [0, 0.1) is 0 Å². The third-order valence-electron chi connectivity index (χ3n) is 3.60. The lowest BCUT2D eigenvalue weighted by Gasteiger charge is -2.35. The van der Waals surface area contributed by atoms with Crippen LogP contribution >= 0.6 is 0 Å². The summed E-state index contributed by atoms with van der Waals surface area (Å²) in [5.74, 6) is -1.69. The molecule has 1 fully saturated rings. The number of nitrogens with two attached hydrogens (primary N) is 2. The second kappa shape index (κ2) is 4.86. The van der Waals surface area contributed by atoms with Crippen molar-refractivity contribution in [3.8, 4) is 0 Å².